The van der Waals surface area contributed by atoms with E-state index >= 15 is 0 Å². The quantitative estimate of drug-likeness (QED) is 0.931. The number of nitrogens with zero attached hydrogens (tertiary/aromatic N) is 1. The normalized spacial score (nSPS) is 23.4. The summed E-state index contributed by atoms with van der Waals surface area (Å²) in [4.78, 5) is 0. The summed E-state index contributed by atoms with van der Waals surface area (Å²) in [5.74, 6) is 0.528. The molecule has 1 aromatic carbocycles. The number of ether oxygens (including phenoxy) is 1. The number of hydrogen-bond acceptors (Lipinski definition) is 3. The Morgan fingerprint density at radius 2 is 2.41 bits per heavy atom. The minimum Gasteiger partial charge on any atom is -0.384 e. The van der Waals surface area contributed by atoms with E-state index in [0.29, 0.717) is 17.6 Å². The van der Waals surface area contributed by atoms with Gasteiger partial charge in [-0.2, -0.15) is 5.26 Å². The van der Waals surface area contributed by atoms with Crippen LogP contribution in [0.2, 0.25) is 0 Å². The van der Waals surface area contributed by atoms with Gasteiger partial charge in [-0.3, -0.25) is 0 Å². The van der Waals surface area contributed by atoms with Gasteiger partial charge in [0.25, 0.3) is 0 Å². The third-order valence-corrected chi connectivity index (χ3v) is 3.68. The maximum atomic E-state index is 9.02. The van der Waals surface area contributed by atoms with Crippen LogP contribution in [-0.2, 0) is 4.74 Å². The van der Waals surface area contributed by atoms with Crippen molar-refractivity contribution in [1.82, 2.24) is 0 Å². The molecule has 4 heteroatoms. The molecule has 1 aromatic rings. The highest BCUT2D eigenvalue weighted by atomic mass is 79.9. The summed E-state index contributed by atoms with van der Waals surface area (Å²) in [5, 5.41) is 12.4. The van der Waals surface area contributed by atoms with E-state index in [1.165, 1.54) is 0 Å². The Morgan fingerprint density at radius 1 is 1.59 bits per heavy atom. The smallest absolute Gasteiger partial charge is 0.101 e. The molecule has 1 saturated heterocycles. The predicted octanol–water partition coefficient (Wildman–Crippen LogP) is 3.16. The summed E-state index contributed by atoms with van der Waals surface area (Å²) >= 11 is 3.42. The first-order chi connectivity index (χ1) is 8.20. The molecule has 0 aliphatic carbocycles. The number of anilines is 1. The van der Waals surface area contributed by atoms with Crippen LogP contribution in [0.1, 0.15) is 18.9 Å². The molecule has 1 fully saturated rings. The molecule has 0 spiro atoms. The first kappa shape index (κ1) is 12.4. The molecule has 2 unspecified atom stereocenters. The van der Waals surface area contributed by atoms with Gasteiger partial charge < -0.3 is 10.1 Å². The van der Waals surface area contributed by atoms with E-state index in [1.54, 1.807) is 0 Å². The zero-order chi connectivity index (χ0) is 12.3. The highest BCUT2D eigenvalue weighted by Crippen LogP contribution is 2.24. The van der Waals surface area contributed by atoms with Crippen LogP contribution < -0.4 is 5.32 Å². The second-order valence-corrected chi connectivity index (χ2v) is 5.22. The van der Waals surface area contributed by atoms with Crippen molar-refractivity contribution in [3.63, 3.8) is 0 Å². The number of rotatable bonds is 3. The minimum atomic E-state index is 0.306. The molecule has 17 heavy (non-hydrogen) atoms. The number of hydrogen-bond donors (Lipinski definition) is 1. The number of halogens is 1. The molecular weight excluding hydrogens is 280 g/mol. The fraction of sp³-hybridized carbons (Fsp3) is 0.462. The number of nitrogens with one attached hydrogen (secondary N) is 1. The van der Waals surface area contributed by atoms with E-state index in [4.69, 9.17) is 10.00 Å². The van der Waals surface area contributed by atoms with Crippen LogP contribution in [0.5, 0.6) is 0 Å². The molecule has 0 radical (unpaired) electrons. The van der Waals surface area contributed by atoms with Gasteiger partial charge in [0.15, 0.2) is 0 Å². The van der Waals surface area contributed by atoms with E-state index in [1.807, 2.05) is 18.2 Å². The highest BCUT2D eigenvalue weighted by Gasteiger charge is 2.23. The van der Waals surface area contributed by atoms with Gasteiger partial charge in [0.1, 0.15) is 6.07 Å². The molecule has 90 valence electrons. The van der Waals surface area contributed by atoms with Gasteiger partial charge in [-0.25, -0.2) is 0 Å². The lowest BCUT2D eigenvalue weighted by molar-refractivity contribution is 0.108. The van der Waals surface area contributed by atoms with Gasteiger partial charge in [0.2, 0.25) is 0 Å². The monoisotopic (exact) mass is 294 g/mol. The molecule has 3 nitrogen and oxygen atoms in total. The molecule has 0 saturated carbocycles. The Hall–Kier alpha value is -1.05. The predicted molar refractivity (Wildman–Crippen MR) is 70.9 cm³/mol. The zero-order valence-corrected chi connectivity index (χ0v) is 11.3. The molecule has 1 heterocycles. The van der Waals surface area contributed by atoms with E-state index in [2.05, 4.69) is 34.2 Å². The second-order valence-electron chi connectivity index (χ2n) is 4.31. The van der Waals surface area contributed by atoms with Crippen molar-refractivity contribution in [3.05, 3.63) is 28.2 Å². The van der Waals surface area contributed by atoms with Crippen molar-refractivity contribution in [2.45, 2.75) is 19.4 Å². The van der Waals surface area contributed by atoms with E-state index in [9.17, 15) is 0 Å². The lowest BCUT2D eigenvalue weighted by atomic mass is 10.0. The zero-order valence-electron chi connectivity index (χ0n) is 9.74. The van der Waals surface area contributed by atoms with Crippen LogP contribution in [0, 0.1) is 17.2 Å². The SMILES string of the molecule is CC1OCCC1CNc1cc(Br)ccc1C#N. The second kappa shape index (κ2) is 5.52. The number of benzene rings is 1. The van der Waals surface area contributed by atoms with Crippen molar-refractivity contribution in [2.75, 3.05) is 18.5 Å². The largest absolute Gasteiger partial charge is 0.384 e. The molecule has 1 N–H and O–H groups in total. The van der Waals surface area contributed by atoms with Crippen molar-refractivity contribution in [3.8, 4) is 6.07 Å². The van der Waals surface area contributed by atoms with Crippen molar-refractivity contribution >= 4 is 21.6 Å². The molecular formula is C13H15BrN2O. The Kier molecular flexibility index (Phi) is 4.03. The third-order valence-electron chi connectivity index (χ3n) is 3.19. The maximum Gasteiger partial charge on any atom is 0.101 e. The van der Waals surface area contributed by atoms with E-state index in [0.717, 1.165) is 29.7 Å². The summed E-state index contributed by atoms with van der Waals surface area (Å²) < 4.78 is 6.50. The third kappa shape index (κ3) is 2.99. The van der Waals surface area contributed by atoms with Gasteiger partial charge in [0.05, 0.1) is 17.4 Å². The summed E-state index contributed by atoms with van der Waals surface area (Å²) in [6.07, 6.45) is 1.39. The highest BCUT2D eigenvalue weighted by molar-refractivity contribution is 9.10. The van der Waals surface area contributed by atoms with Gasteiger partial charge >= 0.3 is 0 Å². The van der Waals surface area contributed by atoms with Gasteiger partial charge in [-0.15, -0.1) is 0 Å². The van der Waals surface area contributed by atoms with Gasteiger partial charge in [-0.1, -0.05) is 15.9 Å². The molecule has 0 aromatic heterocycles. The molecule has 0 bridgehead atoms. The Bertz CT molecular complexity index is 442. The average molecular weight is 295 g/mol. The Balaban J connectivity index is 2.03. The minimum absolute atomic E-state index is 0.306. The van der Waals surface area contributed by atoms with Crippen molar-refractivity contribution in [1.29, 1.82) is 5.26 Å². The van der Waals surface area contributed by atoms with Crippen LogP contribution >= 0.6 is 15.9 Å². The van der Waals surface area contributed by atoms with E-state index < -0.39 is 0 Å². The van der Waals surface area contributed by atoms with Crippen LogP contribution in [0.4, 0.5) is 5.69 Å². The van der Waals surface area contributed by atoms with Crippen LogP contribution in [0.25, 0.3) is 0 Å². The number of nitriles is 1. The van der Waals surface area contributed by atoms with Crippen LogP contribution in [-0.4, -0.2) is 19.3 Å². The molecule has 2 atom stereocenters. The Morgan fingerprint density at radius 3 is 3.06 bits per heavy atom. The van der Waals surface area contributed by atoms with Crippen LogP contribution in [0.15, 0.2) is 22.7 Å². The van der Waals surface area contributed by atoms with Crippen molar-refractivity contribution in [2.24, 2.45) is 5.92 Å². The molecule has 0 amide bonds. The summed E-state index contributed by atoms with van der Waals surface area (Å²) in [5.41, 5.74) is 1.57. The van der Waals surface area contributed by atoms with Crippen LogP contribution in [0.3, 0.4) is 0 Å². The maximum absolute atomic E-state index is 9.02. The summed E-state index contributed by atoms with van der Waals surface area (Å²) in [6.45, 7) is 3.80. The lowest BCUT2D eigenvalue weighted by Crippen LogP contribution is -2.21. The molecule has 1 aliphatic rings. The van der Waals surface area contributed by atoms with Gasteiger partial charge in [0, 0.05) is 23.5 Å². The van der Waals surface area contributed by atoms with E-state index in [-0.39, 0.29) is 0 Å². The first-order valence-corrected chi connectivity index (χ1v) is 6.55. The standard InChI is InChI=1S/C13H15BrN2O/c1-9-11(4-5-17-9)8-16-13-6-12(14)3-2-10(13)7-15/h2-3,6,9,11,16H,4-5,8H2,1H3. The summed E-state index contributed by atoms with van der Waals surface area (Å²) in [7, 11) is 0. The lowest BCUT2D eigenvalue weighted by Gasteiger charge is -2.16. The Labute approximate surface area is 110 Å². The van der Waals surface area contributed by atoms with Crippen molar-refractivity contribution < 1.29 is 4.74 Å². The first-order valence-electron chi connectivity index (χ1n) is 5.76. The summed E-state index contributed by atoms with van der Waals surface area (Å²) in [6, 6.07) is 7.84. The molecule has 1 aliphatic heterocycles. The fourth-order valence-corrected chi connectivity index (χ4v) is 2.41. The van der Waals surface area contributed by atoms with Gasteiger partial charge in [-0.05, 0) is 31.5 Å². The average Bonchev–Trinajstić information content (AvgIpc) is 2.72. The fourth-order valence-electron chi connectivity index (χ4n) is 2.05. The molecule has 2 rings (SSSR count). The topological polar surface area (TPSA) is 45.0 Å².